The Morgan fingerprint density at radius 3 is 2.55 bits per heavy atom. The molecule has 0 aromatic carbocycles. The van der Waals surface area contributed by atoms with Crippen LogP contribution in [0.4, 0.5) is 5.00 Å². The minimum atomic E-state index is -0.267. The summed E-state index contributed by atoms with van der Waals surface area (Å²) < 4.78 is 11.6. The predicted molar refractivity (Wildman–Crippen MR) is 91.2 cm³/mol. The molecule has 22 heavy (non-hydrogen) atoms. The van der Waals surface area contributed by atoms with Crippen LogP contribution in [0, 0.1) is 17.3 Å². The summed E-state index contributed by atoms with van der Waals surface area (Å²) in [4.78, 5) is 0. The molecule has 1 saturated heterocycles. The topological polar surface area (TPSA) is 30.5 Å². The van der Waals surface area contributed by atoms with Crippen LogP contribution < -0.4 is 5.32 Å². The average Bonchev–Trinajstić information content (AvgIpc) is 3.09. The summed E-state index contributed by atoms with van der Waals surface area (Å²) in [6, 6.07) is 2.68. The van der Waals surface area contributed by atoms with Crippen LogP contribution in [0.5, 0.6) is 0 Å². The predicted octanol–water partition coefficient (Wildman–Crippen LogP) is 4.24. The number of ether oxygens (including phenoxy) is 2. The van der Waals surface area contributed by atoms with Crippen LogP contribution in [0.15, 0.2) is 11.4 Å². The molecule has 2 fully saturated rings. The maximum Gasteiger partial charge on any atom is 0.168 e. The van der Waals surface area contributed by atoms with Crippen LogP contribution in [0.25, 0.3) is 0 Å². The van der Waals surface area contributed by atoms with E-state index in [0.717, 1.165) is 44.5 Å². The first-order valence-corrected chi connectivity index (χ1v) is 8.98. The molecule has 0 radical (unpaired) electrons. The van der Waals surface area contributed by atoms with Gasteiger partial charge in [-0.05, 0) is 39.7 Å². The molecule has 0 atom stereocenters. The molecule has 0 bridgehead atoms. The highest BCUT2D eigenvalue weighted by Gasteiger charge is 2.40. The monoisotopic (exact) mass is 319 g/mol. The van der Waals surface area contributed by atoms with Crippen molar-refractivity contribution >= 4 is 16.3 Å². The van der Waals surface area contributed by atoms with Gasteiger partial charge in [-0.15, -0.1) is 11.3 Å². The maximum absolute atomic E-state index is 5.78. The molecule has 1 saturated carbocycles. The van der Waals surface area contributed by atoms with Gasteiger partial charge in [0.1, 0.15) is 0 Å². The van der Waals surface area contributed by atoms with Gasteiger partial charge >= 0.3 is 0 Å². The fourth-order valence-corrected chi connectivity index (χ4v) is 3.74. The molecule has 0 amide bonds. The van der Waals surface area contributed by atoms with E-state index in [1.165, 1.54) is 5.00 Å². The molecule has 2 heterocycles. The second kappa shape index (κ2) is 6.23. The largest absolute Gasteiger partial charge is 0.374 e. The van der Waals surface area contributed by atoms with Crippen molar-refractivity contribution in [3.8, 4) is 11.8 Å². The molecule has 3 nitrogen and oxygen atoms in total. The van der Waals surface area contributed by atoms with Gasteiger partial charge < -0.3 is 14.8 Å². The first kappa shape index (κ1) is 15.9. The first-order valence-electron chi connectivity index (χ1n) is 8.10. The van der Waals surface area contributed by atoms with Gasteiger partial charge in [-0.25, -0.2) is 0 Å². The van der Waals surface area contributed by atoms with Crippen LogP contribution in [-0.4, -0.2) is 25.0 Å². The molecule has 1 aromatic rings. The molecule has 1 spiro atoms. The van der Waals surface area contributed by atoms with Crippen molar-refractivity contribution in [1.82, 2.24) is 0 Å². The number of rotatable bonds is 2. The van der Waals surface area contributed by atoms with Gasteiger partial charge in [0.05, 0.1) is 18.2 Å². The lowest BCUT2D eigenvalue weighted by Gasteiger charge is -2.35. The normalized spacial score (nSPS) is 21.6. The summed E-state index contributed by atoms with van der Waals surface area (Å²) in [5, 5.41) is 6.99. The van der Waals surface area contributed by atoms with Gasteiger partial charge in [-0.3, -0.25) is 0 Å². The summed E-state index contributed by atoms with van der Waals surface area (Å²) >= 11 is 1.74. The van der Waals surface area contributed by atoms with Crippen molar-refractivity contribution in [2.45, 2.75) is 58.3 Å². The third kappa shape index (κ3) is 4.04. The van der Waals surface area contributed by atoms with Crippen molar-refractivity contribution in [3.63, 3.8) is 0 Å². The second-order valence-electron chi connectivity index (χ2n) is 7.23. The Morgan fingerprint density at radius 1 is 1.23 bits per heavy atom. The Labute approximate surface area is 137 Å². The minimum absolute atomic E-state index is 0.0501. The van der Waals surface area contributed by atoms with Crippen molar-refractivity contribution in [2.75, 3.05) is 18.5 Å². The Morgan fingerprint density at radius 2 is 1.91 bits per heavy atom. The van der Waals surface area contributed by atoms with E-state index >= 15 is 0 Å². The molecule has 1 N–H and O–H groups in total. The van der Waals surface area contributed by atoms with E-state index in [0.29, 0.717) is 6.04 Å². The zero-order valence-corrected chi connectivity index (χ0v) is 14.5. The standard InChI is InChI=1S/C18H25NO2S/c1-17(2,3)7-4-14-12-16(22-13-14)19-15-5-8-18(9-6-15)20-10-11-21-18/h12-13,15,19H,5-6,8-11H2,1-3H3. The maximum atomic E-state index is 5.78. The zero-order chi connectivity index (χ0) is 15.6. The van der Waals surface area contributed by atoms with E-state index in [4.69, 9.17) is 9.47 Å². The Hall–Kier alpha value is -1.02. The molecule has 4 heteroatoms. The van der Waals surface area contributed by atoms with Gasteiger partial charge in [-0.2, -0.15) is 0 Å². The highest BCUT2D eigenvalue weighted by atomic mass is 32.1. The molecular formula is C18H25NO2S. The molecule has 120 valence electrons. The summed E-state index contributed by atoms with van der Waals surface area (Å²) in [6.45, 7) is 7.90. The van der Waals surface area contributed by atoms with Gasteiger partial charge in [0.25, 0.3) is 0 Å². The van der Waals surface area contributed by atoms with Crippen LogP contribution in [0.1, 0.15) is 52.0 Å². The van der Waals surface area contributed by atoms with Crippen molar-refractivity contribution < 1.29 is 9.47 Å². The van der Waals surface area contributed by atoms with Crippen molar-refractivity contribution in [2.24, 2.45) is 5.41 Å². The fraction of sp³-hybridized carbons (Fsp3) is 0.667. The molecule has 1 aliphatic carbocycles. The lowest BCUT2D eigenvalue weighted by Crippen LogP contribution is -2.39. The number of nitrogens with one attached hydrogen (secondary N) is 1. The van der Waals surface area contributed by atoms with E-state index in [1.54, 1.807) is 11.3 Å². The van der Waals surface area contributed by atoms with E-state index in [1.807, 2.05) is 0 Å². The molecule has 3 rings (SSSR count). The minimum Gasteiger partial charge on any atom is -0.374 e. The van der Waals surface area contributed by atoms with Crippen LogP contribution in [0.2, 0.25) is 0 Å². The second-order valence-corrected chi connectivity index (χ2v) is 8.14. The highest BCUT2D eigenvalue weighted by Crippen LogP contribution is 2.37. The van der Waals surface area contributed by atoms with Gasteiger partial charge in [-0.1, -0.05) is 11.8 Å². The lowest BCUT2D eigenvalue weighted by molar-refractivity contribution is -0.177. The van der Waals surface area contributed by atoms with Gasteiger partial charge in [0, 0.05) is 35.2 Å². The highest BCUT2D eigenvalue weighted by molar-refractivity contribution is 7.14. The molecule has 0 unspecified atom stereocenters. The smallest absolute Gasteiger partial charge is 0.168 e. The number of anilines is 1. The first-order chi connectivity index (χ1) is 10.4. The van der Waals surface area contributed by atoms with Crippen LogP contribution in [-0.2, 0) is 9.47 Å². The summed E-state index contributed by atoms with van der Waals surface area (Å²) in [5.41, 5.74) is 1.16. The summed E-state index contributed by atoms with van der Waals surface area (Å²) in [6.07, 6.45) is 4.18. The number of thiophene rings is 1. The number of hydrogen-bond acceptors (Lipinski definition) is 4. The van der Waals surface area contributed by atoms with Crippen LogP contribution in [0.3, 0.4) is 0 Å². The third-order valence-corrected chi connectivity index (χ3v) is 4.95. The molecule has 2 aliphatic rings. The summed E-state index contributed by atoms with van der Waals surface area (Å²) in [7, 11) is 0. The molecule has 1 aromatic heterocycles. The van der Waals surface area contributed by atoms with E-state index < -0.39 is 0 Å². The zero-order valence-electron chi connectivity index (χ0n) is 13.7. The van der Waals surface area contributed by atoms with E-state index in [-0.39, 0.29) is 11.2 Å². The quantitative estimate of drug-likeness (QED) is 0.827. The average molecular weight is 319 g/mol. The number of hydrogen-bond donors (Lipinski definition) is 1. The third-order valence-electron chi connectivity index (χ3n) is 4.09. The Bertz CT molecular complexity index is 560. The summed E-state index contributed by atoms with van der Waals surface area (Å²) in [5.74, 6) is 6.28. The van der Waals surface area contributed by atoms with Crippen LogP contribution >= 0.6 is 11.3 Å². The lowest BCUT2D eigenvalue weighted by atomic mass is 9.90. The van der Waals surface area contributed by atoms with Gasteiger partial charge in [0.15, 0.2) is 5.79 Å². The van der Waals surface area contributed by atoms with Crippen molar-refractivity contribution in [3.05, 3.63) is 17.0 Å². The fourth-order valence-electron chi connectivity index (χ4n) is 2.93. The Balaban J connectivity index is 1.54. The van der Waals surface area contributed by atoms with E-state index in [2.05, 4.69) is 49.4 Å². The molecule has 1 aliphatic heterocycles. The Kier molecular flexibility index (Phi) is 4.49. The van der Waals surface area contributed by atoms with Crippen molar-refractivity contribution in [1.29, 1.82) is 0 Å². The SMILES string of the molecule is CC(C)(C)C#Cc1csc(NC2CCC3(CC2)OCCO3)c1. The van der Waals surface area contributed by atoms with E-state index in [9.17, 15) is 0 Å². The van der Waals surface area contributed by atoms with Gasteiger partial charge in [0.2, 0.25) is 0 Å². The molecular weight excluding hydrogens is 294 g/mol.